The second-order valence-electron chi connectivity index (χ2n) is 6.12. The Bertz CT molecular complexity index is 625. The van der Waals surface area contributed by atoms with Gasteiger partial charge < -0.3 is 9.64 Å². The Balaban J connectivity index is 1.52. The molecule has 2 aliphatic rings. The van der Waals surface area contributed by atoms with Crippen molar-refractivity contribution >= 4 is 11.7 Å². The highest BCUT2D eigenvalue weighted by Crippen LogP contribution is 2.26. The molecule has 1 aromatic heterocycles. The van der Waals surface area contributed by atoms with Crippen LogP contribution in [0.2, 0.25) is 0 Å². The number of ketones is 1. The highest BCUT2D eigenvalue weighted by molar-refractivity contribution is 5.84. The molecule has 0 radical (unpaired) electrons. The van der Waals surface area contributed by atoms with Gasteiger partial charge in [0.05, 0.1) is 12.1 Å². The molecule has 3 rings (SSSR count). The van der Waals surface area contributed by atoms with E-state index < -0.39 is 0 Å². The molecular formula is C17H19N3O3. The van der Waals surface area contributed by atoms with Crippen LogP contribution in [0.5, 0.6) is 5.88 Å². The van der Waals surface area contributed by atoms with Gasteiger partial charge in [-0.3, -0.25) is 9.59 Å². The molecule has 1 aromatic rings. The van der Waals surface area contributed by atoms with Crippen molar-refractivity contribution in [3.63, 3.8) is 0 Å². The SMILES string of the molecule is N#Cc1ccc(OC2CCN(C(=O)C3CCC(=O)CC3)C2)nc1. The smallest absolute Gasteiger partial charge is 0.225 e. The van der Waals surface area contributed by atoms with Crippen molar-refractivity contribution in [2.24, 2.45) is 5.92 Å². The standard InChI is InChI=1S/C17H19N3O3/c18-9-12-1-6-16(19-10-12)23-15-7-8-20(11-15)17(22)13-2-4-14(21)5-3-13/h1,6,10,13,15H,2-5,7-8,11H2. The highest BCUT2D eigenvalue weighted by Gasteiger charge is 2.33. The van der Waals surface area contributed by atoms with E-state index in [1.54, 1.807) is 12.1 Å². The number of amides is 1. The van der Waals surface area contributed by atoms with Crippen LogP contribution in [0.15, 0.2) is 18.3 Å². The van der Waals surface area contributed by atoms with Gasteiger partial charge in [0.15, 0.2) is 0 Å². The fourth-order valence-corrected chi connectivity index (χ4v) is 3.16. The lowest BCUT2D eigenvalue weighted by atomic mass is 9.87. The first-order chi connectivity index (χ1) is 11.2. The van der Waals surface area contributed by atoms with E-state index in [9.17, 15) is 9.59 Å². The number of carbonyl (C=O) groups excluding carboxylic acids is 2. The maximum atomic E-state index is 12.5. The van der Waals surface area contributed by atoms with Crippen LogP contribution >= 0.6 is 0 Å². The average molecular weight is 313 g/mol. The van der Waals surface area contributed by atoms with Gasteiger partial charge >= 0.3 is 0 Å². The summed E-state index contributed by atoms with van der Waals surface area (Å²) in [7, 11) is 0. The largest absolute Gasteiger partial charge is 0.472 e. The van der Waals surface area contributed by atoms with Crippen LogP contribution < -0.4 is 4.74 Å². The number of nitrogens with zero attached hydrogens (tertiary/aromatic N) is 3. The summed E-state index contributed by atoms with van der Waals surface area (Å²) in [4.78, 5) is 29.7. The fraction of sp³-hybridized carbons (Fsp3) is 0.529. The molecule has 120 valence electrons. The minimum Gasteiger partial charge on any atom is -0.472 e. The molecule has 6 heteroatoms. The predicted molar refractivity (Wildman–Crippen MR) is 81.5 cm³/mol. The summed E-state index contributed by atoms with van der Waals surface area (Å²) in [6.07, 6.45) is 4.60. The summed E-state index contributed by atoms with van der Waals surface area (Å²) in [5.41, 5.74) is 0.493. The molecule has 0 N–H and O–H groups in total. The van der Waals surface area contributed by atoms with Crippen LogP contribution in [-0.2, 0) is 9.59 Å². The van der Waals surface area contributed by atoms with E-state index in [1.165, 1.54) is 6.20 Å². The first-order valence-corrected chi connectivity index (χ1v) is 7.99. The summed E-state index contributed by atoms with van der Waals surface area (Å²) in [6.45, 7) is 1.25. The van der Waals surface area contributed by atoms with Crippen LogP contribution in [0.25, 0.3) is 0 Å². The van der Waals surface area contributed by atoms with Gasteiger partial charge in [-0.15, -0.1) is 0 Å². The van der Waals surface area contributed by atoms with Crippen LogP contribution in [-0.4, -0.2) is 40.8 Å². The minimum atomic E-state index is -0.0652. The Morgan fingerprint density at radius 3 is 2.74 bits per heavy atom. The Morgan fingerprint density at radius 1 is 1.30 bits per heavy atom. The molecular weight excluding hydrogens is 294 g/mol. The molecule has 1 amide bonds. The number of aromatic nitrogens is 1. The van der Waals surface area contributed by atoms with Crippen LogP contribution in [0.3, 0.4) is 0 Å². The number of rotatable bonds is 3. The van der Waals surface area contributed by atoms with Gasteiger partial charge in [-0.2, -0.15) is 5.26 Å². The van der Waals surface area contributed by atoms with E-state index in [0.717, 1.165) is 6.42 Å². The van der Waals surface area contributed by atoms with Crippen molar-refractivity contribution in [1.82, 2.24) is 9.88 Å². The molecule has 0 aromatic carbocycles. The lowest BCUT2D eigenvalue weighted by Gasteiger charge is -2.25. The van der Waals surface area contributed by atoms with Gasteiger partial charge in [0.2, 0.25) is 11.8 Å². The second kappa shape index (κ2) is 6.78. The van der Waals surface area contributed by atoms with Gasteiger partial charge in [0.25, 0.3) is 0 Å². The Hall–Kier alpha value is -2.42. The van der Waals surface area contributed by atoms with Gasteiger partial charge in [-0.25, -0.2) is 4.98 Å². The molecule has 23 heavy (non-hydrogen) atoms. The first-order valence-electron chi connectivity index (χ1n) is 7.99. The zero-order chi connectivity index (χ0) is 16.2. The van der Waals surface area contributed by atoms with Gasteiger partial charge in [0, 0.05) is 44.0 Å². The number of Topliss-reactive ketones (excluding diaryl/α,β-unsaturated/α-hetero) is 1. The Labute approximate surface area is 135 Å². The van der Waals surface area contributed by atoms with E-state index in [2.05, 4.69) is 4.98 Å². The molecule has 1 unspecified atom stereocenters. The third-order valence-corrected chi connectivity index (χ3v) is 4.50. The monoisotopic (exact) mass is 313 g/mol. The molecule has 1 saturated heterocycles. The number of pyridine rings is 1. The van der Waals surface area contributed by atoms with Crippen molar-refractivity contribution in [2.75, 3.05) is 13.1 Å². The summed E-state index contributed by atoms with van der Waals surface area (Å²) in [5, 5.41) is 8.75. The van der Waals surface area contributed by atoms with Crippen molar-refractivity contribution < 1.29 is 14.3 Å². The van der Waals surface area contributed by atoms with Crippen molar-refractivity contribution in [2.45, 2.75) is 38.2 Å². The lowest BCUT2D eigenvalue weighted by molar-refractivity contribution is -0.136. The summed E-state index contributed by atoms with van der Waals surface area (Å²) in [5.74, 6) is 0.881. The first kappa shape index (κ1) is 15.5. The molecule has 2 fully saturated rings. The van der Waals surface area contributed by atoms with Crippen LogP contribution in [0, 0.1) is 17.2 Å². The number of ether oxygens (including phenoxy) is 1. The maximum Gasteiger partial charge on any atom is 0.225 e. The van der Waals surface area contributed by atoms with Crippen molar-refractivity contribution in [3.05, 3.63) is 23.9 Å². The Morgan fingerprint density at radius 2 is 2.09 bits per heavy atom. The molecule has 6 nitrogen and oxygen atoms in total. The molecule has 2 heterocycles. The number of likely N-dealkylation sites (tertiary alicyclic amines) is 1. The van der Waals surface area contributed by atoms with Gasteiger partial charge in [-0.05, 0) is 18.9 Å². The molecule has 0 bridgehead atoms. The molecule has 1 aliphatic heterocycles. The average Bonchev–Trinajstić information content (AvgIpc) is 3.04. The quantitative estimate of drug-likeness (QED) is 0.848. The number of nitriles is 1. The number of hydrogen-bond donors (Lipinski definition) is 0. The number of hydrogen-bond acceptors (Lipinski definition) is 5. The number of carbonyl (C=O) groups is 2. The fourth-order valence-electron chi connectivity index (χ4n) is 3.16. The molecule has 1 aliphatic carbocycles. The van der Waals surface area contributed by atoms with E-state index in [4.69, 9.17) is 10.00 Å². The minimum absolute atomic E-state index is 0.0144. The normalized spacial score (nSPS) is 22.0. The second-order valence-corrected chi connectivity index (χ2v) is 6.12. The Kier molecular flexibility index (Phi) is 4.56. The zero-order valence-corrected chi connectivity index (χ0v) is 12.9. The van der Waals surface area contributed by atoms with E-state index >= 15 is 0 Å². The van der Waals surface area contributed by atoms with Gasteiger partial charge in [-0.1, -0.05) is 0 Å². The summed E-state index contributed by atoms with van der Waals surface area (Å²) >= 11 is 0. The third-order valence-electron chi connectivity index (χ3n) is 4.50. The third kappa shape index (κ3) is 3.67. The molecule has 1 atom stereocenters. The summed E-state index contributed by atoms with van der Waals surface area (Å²) in [6, 6.07) is 5.36. The molecule has 1 saturated carbocycles. The summed E-state index contributed by atoms with van der Waals surface area (Å²) < 4.78 is 5.79. The zero-order valence-electron chi connectivity index (χ0n) is 12.9. The van der Waals surface area contributed by atoms with E-state index in [-0.39, 0.29) is 23.7 Å². The molecule has 0 spiro atoms. The lowest BCUT2D eigenvalue weighted by Crippen LogP contribution is -2.37. The topological polar surface area (TPSA) is 83.3 Å². The maximum absolute atomic E-state index is 12.5. The van der Waals surface area contributed by atoms with E-state index in [0.29, 0.717) is 50.2 Å². The highest BCUT2D eigenvalue weighted by atomic mass is 16.5. The van der Waals surface area contributed by atoms with Crippen molar-refractivity contribution in [3.8, 4) is 11.9 Å². The van der Waals surface area contributed by atoms with Gasteiger partial charge in [0.1, 0.15) is 18.0 Å². The van der Waals surface area contributed by atoms with Crippen LogP contribution in [0.1, 0.15) is 37.7 Å². The van der Waals surface area contributed by atoms with Crippen LogP contribution in [0.4, 0.5) is 0 Å². The van der Waals surface area contributed by atoms with E-state index in [1.807, 2.05) is 11.0 Å². The van der Waals surface area contributed by atoms with Crippen molar-refractivity contribution in [1.29, 1.82) is 5.26 Å². The predicted octanol–water partition coefficient (Wildman–Crippen LogP) is 1.69.